The van der Waals surface area contributed by atoms with Crippen molar-refractivity contribution in [2.45, 2.75) is 26.0 Å². The molecule has 1 aromatic carbocycles. The minimum absolute atomic E-state index is 0.0430. The van der Waals surface area contributed by atoms with E-state index in [0.29, 0.717) is 11.5 Å². The first-order chi connectivity index (χ1) is 7.93. The molecule has 0 bridgehead atoms. The first kappa shape index (κ1) is 14.6. The summed E-state index contributed by atoms with van der Waals surface area (Å²) in [6, 6.07) is 7.24. The van der Waals surface area contributed by atoms with Crippen LogP contribution >= 0.6 is 15.9 Å². The highest BCUT2D eigenvalue weighted by Gasteiger charge is 2.19. The molecular weight excluding hydrogens is 300 g/mol. The van der Waals surface area contributed by atoms with Gasteiger partial charge < -0.3 is 0 Å². The van der Waals surface area contributed by atoms with Crippen molar-refractivity contribution in [2.24, 2.45) is 5.92 Å². The third-order valence-electron chi connectivity index (χ3n) is 2.80. The van der Waals surface area contributed by atoms with E-state index in [4.69, 9.17) is 0 Å². The quantitative estimate of drug-likeness (QED) is 0.780. The lowest BCUT2D eigenvalue weighted by Crippen LogP contribution is -2.24. The van der Waals surface area contributed by atoms with E-state index in [9.17, 15) is 9.00 Å². The predicted octanol–water partition coefficient (Wildman–Crippen LogP) is 3.43. The molecule has 2 atom stereocenters. The van der Waals surface area contributed by atoms with Crippen molar-refractivity contribution in [2.75, 3.05) is 5.75 Å². The Hall–Kier alpha value is -0.480. The minimum atomic E-state index is -1.10. The highest BCUT2D eigenvalue weighted by molar-refractivity contribution is 9.10. The highest BCUT2D eigenvalue weighted by Crippen LogP contribution is 2.18. The van der Waals surface area contributed by atoms with Crippen LogP contribution in [-0.4, -0.2) is 21.0 Å². The molecule has 0 aliphatic carbocycles. The molecule has 0 fully saturated rings. The number of Topliss-reactive ketones (excluding diaryl/α,β-unsaturated/α-hetero) is 1. The Morgan fingerprint density at radius 3 is 2.41 bits per heavy atom. The van der Waals surface area contributed by atoms with Gasteiger partial charge >= 0.3 is 0 Å². The van der Waals surface area contributed by atoms with E-state index in [2.05, 4.69) is 15.9 Å². The standard InChI is InChI=1S/C13H17BrO2S/c1-9(2)10(3)17(16)8-13(15)11-6-4-5-7-12(11)14/h4-7,9-10H,8H2,1-3H3. The number of carbonyl (C=O) groups excluding carboxylic acids is 1. The van der Waals surface area contributed by atoms with Gasteiger partial charge in [0.25, 0.3) is 0 Å². The Kier molecular flexibility index (Phi) is 5.53. The molecule has 0 aliphatic heterocycles. The fraction of sp³-hybridized carbons (Fsp3) is 0.462. The van der Waals surface area contributed by atoms with Crippen molar-refractivity contribution in [3.8, 4) is 0 Å². The van der Waals surface area contributed by atoms with E-state index in [1.54, 1.807) is 6.07 Å². The summed E-state index contributed by atoms with van der Waals surface area (Å²) in [4.78, 5) is 12.0. The smallest absolute Gasteiger partial charge is 0.176 e. The highest BCUT2D eigenvalue weighted by atomic mass is 79.9. The molecule has 0 amide bonds. The lowest BCUT2D eigenvalue weighted by molar-refractivity contribution is 0.102. The molecule has 0 heterocycles. The van der Waals surface area contributed by atoms with Crippen LogP contribution in [0.3, 0.4) is 0 Å². The van der Waals surface area contributed by atoms with Gasteiger partial charge in [-0.3, -0.25) is 9.00 Å². The average molecular weight is 317 g/mol. The third-order valence-corrected chi connectivity index (χ3v) is 5.41. The zero-order chi connectivity index (χ0) is 13.0. The number of ketones is 1. The van der Waals surface area contributed by atoms with Crippen LogP contribution in [0.4, 0.5) is 0 Å². The molecule has 0 N–H and O–H groups in total. The van der Waals surface area contributed by atoms with Gasteiger partial charge in [-0.15, -0.1) is 0 Å². The zero-order valence-corrected chi connectivity index (χ0v) is 12.7. The van der Waals surface area contributed by atoms with Crippen LogP contribution in [0.2, 0.25) is 0 Å². The van der Waals surface area contributed by atoms with Gasteiger partial charge in [0.1, 0.15) is 0 Å². The van der Waals surface area contributed by atoms with Crippen molar-refractivity contribution in [1.82, 2.24) is 0 Å². The molecular formula is C13H17BrO2S. The molecule has 0 spiro atoms. The van der Waals surface area contributed by atoms with Crippen molar-refractivity contribution in [3.05, 3.63) is 34.3 Å². The number of hydrogen-bond donors (Lipinski definition) is 0. The first-order valence-electron chi connectivity index (χ1n) is 5.58. The van der Waals surface area contributed by atoms with Crippen LogP contribution < -0.4 is 0 Å². The van der Waals surface area contributed by atoms with Gasteiger partial charge in [0.15, 0.2) is 5.78 Å². The monoisotopic (exact) mass is 316 g/mol. The summed E-state index contributed by atoms with van der Waals surface area (Å²) in [5.41, 5.74) is 0.608. The second-order valence-corrected chi connectivity index (χ2v) is 7.03. The third kappa shape index (κ3) is 4.03. The molecule has 4 heteroatoms. The fourth-order valence-electron chi connectivity index (χ4n) is 1.33. The molecule has 0 saturated heterocycles. The maximum Gasteiger partial charge on any atom is 0.176 e. The Morgan fingerprint density at radius 2 is 1.88 bits per heavy atom. The van der Waals surface area contributed by atoms with Crippen molar-refractivity contribution >= 4 is 32.5 Å². The van der Waals surface area contributed by atoms with Crippen LogP contribution in [0.15, 0.2) is 28.7 Å². The summed E-state index contributed by atoms with van der Waals surface area (Å²) in [5, 5.41) is 0.0430. The average Bonchev–Trinajstić information content (AvgIpc) is 2.28. The Labute approximate surface area is 113 Å². The van der Waals surface area contributed by atoms with Crippen molar-refractivity contribution in [3.63, 3.8) is 0 Å². The number of halogens is 1. The second kappa shape index (κ2) is 6.45. The van der Waals surface area contributed by atoms with Crippen LogP contribution in [0.25, 0.3) is 0 Å². The van der Waals surface area contributed by atoms with E-state index >= 15 is 0 Å². The topological polar surface area (TPSA) is 34.1 Å². The van der Waals surface area contributed by atoms with Crippen LogP contribution in [0.5, 0.6) is 0 Å². The molecule has 0 saturated carbocycles. The lowest BCUT2D eigenvalue weighted by atomic mass is 10.1. The van der Waals surface area contributed by atoms with Gasteiger partial charge in [0.2, 0.25) is 0 Å². The molecule has 0 radical (unpaired) electrons. The summed E-state index contributed by atoms with van der Waals surface area (Å²) >= 11 is 3.33. The molecule has 0 aliphatic rings. The summed E-state index contributed by atoms with van der Waals surface area (Å²) < 4.78 is 12.7. The first-order valence-corrected chi connectivity index (χ1v) is 7.76. The van der Waals surface area contributed by atoms with Crippen LogP contribution in [0, 0.1) is 5.92 Å². The van der Waals surface area contributed by atoms with E-state index in [0.717, 1.165) is 4.47 Å². The molecule has 1 aromatic rings. The van der Waals surface area contributed by atoms with Gasteiger partial charge in [-0.05, 0) is 12.0 Å². The maximum absolute atomic E-state index is 12.0. The summed E-state index contributed by atoms with van der Waals surface area (Å²) in [7, 11) is -1.10. The van der Waals surface area contributed by atoms with Gasteiger partial charge in [-0.1, -0.05) is 54.9 Å². The van der Waals surface area contributed by atoms with Crippen molar-refractivity contribution < 1.29 is 9.00 Å². The van der Waals surface area contributed by atoms with Crippen LogP contribution in [-0.2, 0) is 10.8 Å². The van der Waals surface area contributed by atoms with Gasteiger partial charge in [0.05, 0.1) is 5.75 Å². The zero-order valence-electron chi connectivity index (χ0n) is 10.3. The SMILES string of the molecule is CC(C)C(C)S(=O)CC(=O)c1ccccc1Br. The molecule has 0 aromatic heterocycles. The largest absolute Gasteiger partial charge is 0.293 e. The summed E-state index contributed by atoms with van der Waals surface area (Å²) in [6.07, 6.45) is 0. The van der Waals surface area contributed by atoms with E-state index < -0.39 is 10.8 Å². The van der Waals surface area contributed by atoms with Crippen molar-refractivity contribution in [1.29, 1.82) is 0 Å². The number of hydrogen-bond acceptors (Lipinski definition) is 2. The molecule has 1 rings (SSSR count). The van der Waals surface area contributed by atoms with Gasteiger partial charge in [-0.25, -0.2) is 0 Å². The predicted molar refractivity (Wildman–Crippen MR) is 75.8 cm³/mol. The molecule has 94 valence electrons. The Bertz CT molecular complexity index is 429. The molecule has 2 unspecified atom stereocenters. The maximum atomic E-state index is 12.0. The van der Waals surface area contributed by atoms with Gasteiger partial charge in [0, 0.05) is 26.1 Å². The van der Waals surface area contributed by atoms with E-state index in [1.807, 2.05) is 39.0 Å². The Morgan fingerprint density at radius 1 is 1.29 bits per heavy atom. The number of carbonyl (C=O) groups is 1. The fourth-order valence-corrected chi connectivity index (χ4v) is 3.12. The molecule has 2 nitrogen and oxygen atoms in total. The normalized spacial score (nSPS) is 14.6. The summed E-state index contributed by atoms with van der Waals surface area (Å²) in [5.74, 6) is 0.355. The lowest BCUT2D eigenvalue weighted by Gasteiger charge is -2.14. The second-order valence-electron chi connectivity index (χ2n) is 4.38. The number of benzene rings is 1. The minimum Gasteiger partial charge on any atom is -0.293 e. The molecule has 17 heavy (non-hydrogen) atoms. The van der Waals surface area contributed by atoms with E-state index in [-0.39, 0.29) is 16.8 Å². The number of rotatable bonds is 5. The van der Waals surface area contributed by atoms with Crippen LogP contribution in [0.1, 0.15) is 31.1 Å². The van der Waals surface area contributed by atoms with E-state index in [1.165, 1.54) is 0 Å². The Balaban J connectivity index is 2.74. The van der Waals surface area contributed by atoms with Gasteiger partial charge in [-0.2, -0.15) is 0 Å². The summed E-state index contributed by atoms with van der Waals surface area (Å²) in [6.45, 7) is 5.96.